The summed E-state index contributed by atoms with van der Waals surface area (Å²) in [6.07, 6.45) is -7.75. The zero-order chi connectivity index (χ0) is 24.7. The van der Waals surface area contributed by atoms with E-state index < -0.39 is 54.2 Å². The van der Waals surface area contributed by atoms with Gasteiger partial charge in [-0.25, -0.2) is 0 Å². The predicted octanol–water partition coefficient (Wildman–Crippen LogP) is -0.236. The molecule has 3 aromatic rings. The molecule has 1 unspecified atom stereocenters. The summed E-state index contributed by atoms with van der Waals surface area (Å²) >= 11 is 0. The van der Waals surface area contributed by atoms with Crippen LogP contribution in [0, 0.1) is 0 Å². The maximum atomic E-state index is 12.7. The van der Waals surface area contributed by atoms with Gasteiger partial charge in [0.1, 0.15) is 46.9 Å². The highest BCUT2D eigenvalue weighted by atomic mass is 16.7. The van der Waals surface area contributed by atoms with Crippen LogP contribution in [0.3, 0.4) is 0 Å². The molecule has 7 N–H and O–H groups in total. The Morgan fingerprint density at radius 3 is 2.35 bits per heavy atom. The van der Waals surface area contributed by atoms with E-state index in [0.29, 0.717) is 0 Å². The fourth-order valence-corrected chi connectivity index (χ4v) is 3.66. The van der Waals surface area contributed by atoms with Crippen LogP contribution < -0.4 is 14.9 Å². The Morgan fingerprint density at radius 2 is 1.71 bits per heavy atom. The number of hydrogen-bond acceptors (Lipinski definition) is 12. The molecule has 0 aliphatic carbocycles. The summed E-state index contributed by atoms with van der Waals surface area (Å²) in [7, 11) is 1.35. The summed E-state index contributed by atoms with van der Waals surface area (Å²) in [4.78, 5) is 12.7. The van der Waals surface area contributed by atoms with Gasteiger partial charge in [0.15, 0.2) is 17.3 Å². The van der Waals surface area contributed by atoms with Gasteiger partial charge in [-0.05, 0) is 18.2 Å². The molecule has 4 rings (SSSR count). The lowest BCUT2D eigenvalue weighted by atomic mass is 9.99. The Labute approximate surface area is 191 Å². The maximum absolute atomic E-state index is 12.7. The van der Waals surface area contributed by atoms with Crippen molar-refractivity contribution in [1.82, 2.24) is 0 Å². The first-order chi connectivity index (χ1) is 16.2. The second-order valence-corrected chi connectivity index (χ2v) is 7.63. The van der Waals surface area contributed by atoms with Crippen LogP contribution in [0.15, 0.2) is 39.5 Å². The van der Waals surface area contributed by atoms with E-state index in [2.05, 4.69) is 0 Å². The van der Waals surface area contributed by atoms with Gasteiger partial charge in [-0.15, -0.1) is 0 Å². The highest BCUT2D eigenvalue weighted by Gasteiger charge is 2.44. The fraction of sp³-hybridized carbons (Fsp3) is 0.318. The van der Waals surface area contributed by atoms with Crippen molar-refractivity contribution in [2.75, 3.05) is 13.7 Å². The Balaban J connectivity index is 1.76. The standard InChI is InChI=1S/C22H22O12/c1-31-12-3-2-8(4-10(12)24)21-19(29)17(27)15-11(25)5-9(6-13(15)33-21)32-22-20(30)18(28)16(26)14(7-23)34-22/h2-6,14,16,18,20,22-26,28-30H,7H2,1H3/t14-,16-,18+,20-,22?/m1/s1. The minimum absolute atomic E-state index is 0.134. The summed E-state index contributed by atoms with van der Waals surface area (Å²) in [5, 5.41) is 69.7. The molecule has 0 saturated carbocycles. The number of methoxy groups -OCH3 is 1. The lowest BCUT2D eigenvalue weighted by Gasteiger charge is -2.39. The van der Waals surface area contributed by atoms with E-state index >= 15 is 0 Å². The summed E-state index contributed by atoms with van der Waals surface area (Å²) in [5.41, 5.74) is -1.04. The minimum atomic E-state index is -1.71. The van der Waals surface area contributed by atoms with E-state index in [1.165, 1.54) is 31.4 Å². The molecule has 34 heavy (non-hydrogen) atoms. The SMILES string of the molecule is COc1ccc(-c2oc3cc(OC4O[C@H](CO)[C@@H](O)[C@H](O)[C@H]4O)cc(O)c3c(=O)c2O)cc1O. The summed E-state index contributed by atoms with van der Waals surface area (Å²) in [6, 6.07) is 6.20. The zero-order valence-electron chi connectivity index (χ0n) is 17.7. The average Bonchev–Trinajstić information content (AvgIpc) is 2.81. The number of aliphatic hydroxyl groups excluding tert-OH is 4. The van der Waals surface area contributed by atoms with Crippen molar-refractivity contribution < 1.29 is 54.4 Å². The van der Waals surface area contributed by atoms with Crippen LogP contribution in [0.4, 0.5) is 0 Å². The van der Waals surface area contributed by atoms with Crippen LogP contribution in [-0.2, 0) is 4.74 Å². The first-order valence-corrected chi connectivity index (χ1v) is 10.0. The van der Waals surface area contributed by atoms with Gasteiger partial charge in [0.05, 0.1) is 13.7 Å². The Bertz CT molecular complexity index is 1270. The monoisotopic (exact) mass is 478 g/mol. The van der Waals surface area contributed by atoms with E-state index in [1.54, 1.807) is 0 Å². The Morgan fingerprint density at radius 1 is 0.971 bits per heavy atom. The van der Waals surface area contributed by atoms with Crippen LogP contribution in [0.2, 0.25) is 0 Å². The van der Waals surface area contributed by atoms with E-state index in [4.69, 9.17) is 18.6 Å². The largest absolute Gasteiger partial charge is 0.507 e. The first kappa shape index (κ1) is 23.6. The molecule has 1 saturated heterocycles. The molecule has 2 aromatic carbocycles. The number of phenols is 2. The van der Waals surface area contributed by atoms with Crippen molar-refractivity contribution in [3.05, 3.63) is 40.6 Å². The topological polar surface area (TPSA) is 200 Å². The molecule has 12 heteroatoms. The number of fused-ring (bicyclic) bond motifs is 1. The van der Waals surface area contributed by atoms with Crippen LogP contribution in [-0.4, -0.2) is 80.2 Å². The van der Waals surface area contributed by atoms with Gasteiger partial charge in [-0.1, -0.05) is 0 Å². The molecule has 5 atom stereocenters. The molecule has 0 amide bonds. The van der Waals surface area contributed by atoms with Gasteiger partial charge in [-0.2, -0.15) is 0 Å². The first-order valence-electron chi connectivity index (χ1n) is 10.0. The summed E-state index contributed by atoms with van der Waals surface area (Å²) in [5.74, 6) is -2.02. The van der Waals surface area contributed by atoms with Crippen LogP contribution in [0.5, 0.6) is 28.7 Å². The van der Waals surface area contributed by atoms with Crippen molar-refractivity contribution >= 4 is 11.0 Å². The van der Waals surface area contributed by atoms with Crippen molar-refractivity contribution in [3.63, 3.8) is 0 Å². The molecule has 1 aliphatic rings. The normalized spacial score (nSPS) is 24.8. The van der Waals surface area contributed by atoms with E-state index in [9.17, 15) is 40.5 Å². The predicted molar refractivity (Wildman–Crippen MR) is 114 cm³/mol. The third-order valence-corrected chi connectivity index (χ3v) is 5.47. The second-order valence-electron chi connectivity index (χ2n) is 7.63. The molecule has 182 valence electrons. The summed E-state index contributed by atoms with van der Waals surface area (Å²) in [6.45, 7) is -0.667. The fourth-order valence-electron chi connectivity index (χ4n) is 3.66. The number of ether oxygens (including phenoxy) is 3. The van der Waals surface area contributed by atoms with E-state index in [0.717, 1.165) is 6.07 Å². The van der Waals surface area contributed by atoms with Gasteiger partial charge in [0, 0.05) is 17.7 Å². The number of phenolic OH excluding ortho intramolecular Hbond substituents is 2. The Kier molecular flexibility index (Phi) is 6.25. The molecular weight excluding hydrogens is 456 g/mol. The molecule has 0 spiro atoms. The molecule has 12 nitrogen and oxygen atoms in total. The number of benzene rings is 2. The zero-order valence-corrected chi connectivity index (χ0v) is 17.7. The van der Waals surface area contributed by atoms with Crippen molar-refractivity contribution in [2.45, 2.75) is 30.7 Å². The van der Waals surface area contributed by atoms with Gasteiger partial charge in [-0.3, -0.25) is 4.79 Å². The summed E-state index contributed by atoms with van der Waals surface area (Å²) < 4.78 is 21.3. The van der Waals surface area contributed by atoms with Gasteiger partial charge < -0.3 is 54.4 Å². The molecule has 0 bridgehead atoms. The van der Waals surface area contributed by atoms with Gasteiger partial charge >= 0.3 is 0 Å². The lowest BCUT2D eigenvalue weighted by Crippen LogP contribution is -2.60. The van der Waals surface area contributed by atoms with Crippen LogP contribution in [0.1, 0.15) is 0 Å². The third-order valence-electron chi connectivity index (χ3n) is 5.47. The molecule has 2 heterocycles. The molecular formula is C22H22O12. The second kappa shape index (κ2) is 9.00. The minimum Gasteiger partial charge on any atom is -0.507 e. The molecule has 1 fully saturated rings. The third kappa shape index (κ3) is 3.97. The average molecular weight is 478 g/mol. The smallest absolute Gasteiger partial charge is 0.238 e. The van der Waals surface area contributed by atoms with Gasteiger partial charge in [0.25, 0.3) is 0 Å². The van der Waals surface area contributed by atoms with Crippen molar-refractivity contribution in [3.8, 4) is 40.1 Å². The molecule has 1 aliphatic heterocycles. The van der Waals surface area contributed by atoms with E-state index in [1.807, 2.05) is 0 Å². The van der Waals surface area contributed by atoms with Crippen LogP contribution in [0.25, 0.3) is 22.3 Å². The quantitative estimate of drug-likeness (QED) is 0.254. The Hall–Kier alpha value is -3.55. The van der Waals surface area contributed by atoms with E-state index in [-0.39, 0.29) is 39.5 Å². The number of aliphatic hydroxyl groups is 4. The number of rotatable bonds is 5. The number of hydrogen-bond donors (Lipinski definition) is 7. The molecule has 1 aromatic heterocycles. The van der Waals surface area contributed by atoms with Crippen molar-refractivity contribution in [1.29, 1.82) is 0 Å². The number of aromatic hydroxyl groups is 3. The highest BCUT2D eigenvalue weighted by Crippen LogP contribution is 2.38. The van der Waals surface area contributed by atoms with Gasteiger partial charge in [0.2, 0.25) is 17.5 Å². The highest BCUT2D eigenvalue weighted by molar-refractivity contribution is 5.88. The maximum Gasteiger partial charge on any atom is 0.238 e. The molecule has 0 radical (unpaired) electrons. The van der Waals surface area contributed by atoms with Crippen molar-refractivity contribution in [2.24, 2.45) is 0 Å². The lowest BCUT2D eigenvalue weighted by molar-refractivity contribution is -0.277. The van der Waals surface area contributed by atoms with Crippen LogP contribution >= 0.6 is 0 Å².